The zero-order valence-electron chi connectivity index (χ0n) is 7.21. The Hall–Kier alpha value is 0.460. The van der Waals surface area contributed by atoms with E-state index in [0.717, 1.165) is 17.3 Å². The summed E-state index contributed by atoms with van der Waals surface area (Å²) in [6.45, 7) is 2.68. The molecule has 11 heavy (non-hydrogen) atoms. The molecule has 0 rings (SSSR count). The highest BCUT2D eigenvalue weighted by Crippen LogP contribution is 1.98. The minimum Gasteiger partial charge on any atom is -0.330 e. The molecule has 0 aromatic rings. The van der Waals surface area contributed by atoms with Gasteiger partial charge in [0, 0.05) is 28.1 Å². The summed E-state index contributed by atoms with van der Waals surface area (Å²) < 4.78 is 11.2. The Kier molecular flexibility index (Phi) is 7.43. The van der Waals surface area contributed by atoms with Crippen molar-refractivity contribution in [3.63, 3.8) is 0 Å². The zero-order chi connectivity index (χ0) is 8.69. The van der Waals surface area contributed by atoms with Gasteiger partial charge in [-0.25, -0.2) is 0 Å². The van der Waals surface area contributed by atoms with Crippen LogP contribution in [0.5, 0.6) is 0 Å². The molecule has 4 heteroatoms. The van der Waals surface area contributed by atoms with Crippen LogP contribution >= 0.6 is 11.8 Å². The molecule has 0 aliphatic heterocycles. The number of rotatable bonds is 6. The summed E-state index contributed by atoms with van der Waals surface area (Å²) in [7, 11) is -0.651. The number of thioether (sulfide) groups is 1. The van der Waals surface area contributed by atoms with Crippen LogP contribution in [0.15, 0.2) is 0 Å². The van der Waals surface area contributed by atoms with Crippen molar-refractivity contribution in [2.24, 2.45) is 11.7 Å². The number of nitrogens with two attached hydrogens (primary N) is 1. The molecule has 0 saturated heterocycles. The first-order valence-corrected chi connectivity index (χ1v) is 6.62. The third-order valence-corrected chi connectivity index (χ3v) is 3.86. The highest BCUT2D eigenvalue weighted by Gasteiger charge is 2.04. The van der Waals surface area contributed by atoms with Gasteiger partial charge in [-0.05, 0) is 18.7 Å². The van der Waals surface area contributed by atoms with Crippen molar-refractivity contribution in [2.45, 2.75) is 6.92 Å². The van der Waals surface area contributed by atoms with Gasteiger partial charge in [0.2, 0.25) is 0 Å². The van der Waals surface area contributed by atoms with Crippen LogP contribution in [0.25, 0.3) is 0 Å². The Morgan fingerprint density at radius 1 is 1.64 bits per heavy atom. The molecule has 0 aromatic carbocycles. The molecule has 0 aliphatic rings. The topological polar surface area (TPSA) is 43.1 Å². The van der Waals surface area contributed by atoms with E-state index in [9.17, 15) is 4.21 Å². The molecule has 2 N–H and O–H groups in total. The summed E-state index contributed by atoms with van der Waals surface area (Å²) in [6.07, 6.45) is 2.03. The van der Waals surface area contributed by atoms with Crippen LogP contribution in [0.4, 0.5) is 0 Å². The van der Waals surface area contributed by atoms with Crippen LogP contribution in [0.1, 0.15) is 6.92 Å². The van der Waals surface area contributed by atoms with Crippen molar-refractivity contribution in [3.05, 3.63) is 0 Å². The second kappa shape index (κ2) is 7.13. The summed E-state index contributed by atoms with van der Waals surface area (Å²) in [5.74, 6) is 2.96. The van der Waals surface area contributed by atoms with Gasteiger partial charge in [-0.1, -0.05) is 6.92 Å². The molecule has 0 bridgehead atoms. The summed E-state index contributed by atoms with van der Waals surface area (Å²) in [4.78, 5) is 0. The van der Waals surface area contributed by atoms with Crippen LogP contribution in [0.3, 0.4) is 0 Å². The number of hydrogen-bond donors (Lipinski definition) is 1. The first kappa shape index (κ1) is 11.5. The average Bonchev–Trinajstić information content (AvgIpc) is 2.00. The molecule has 0 aromatic heterocycles. The SMILES string of the molecule is CSCCS(=O)CC(C)CN. The maximum atomic E-state index is 11.2. The van der Waals surface area contributed by atoms with E-state index < -0.39 is 10.8 Å². The summed E-state index contributed by atoms with van der Waals surface area (Å²) >= 11 is 1.74. The molecular weight excluding hydrogens is 178 g/mol. The lowest BCUT2D eigenvalue weighted by atomic mass is 10.2. The molecule has 2 nitrogen and oxygen atoms in total. The molecule has 68 valence electrons. The first-order valence-electron chi connectivity index (χ1n) is 3.74. The Balaban J connectivity index is 3.36. The van der Waals surface area contributed by atoms with E-state index in [2.05, 4.69) is 0 Å². The maximum Gasteiger partial charge on any atom is 0.0325 e. The fourth-order valence-electron chi connectivity index (χ4n) is 0.645. The minimum absolute atomic E-state index is 0.401. The molecular formula is C7H17NOS2. The van der Waals surface area contributed by atoms with Crippen LogP contribution in [-0.2, 0) is 10.8 Å². The lowest BCUT2D eigenvalue weighted by Gasteiger charge is -2.06. The fraction of sp³-hybridized carbons (Fsp3) is 1.00. The van der Waals surface area contributed by atoms with E-state index in [0.29, 0.717) is 12.5 Å². The van der Waals surface area contributed by atoms with E-state index in [4.69, 9.17) is 5.73 Å². The molecule has 2 unspecified atom stereocenters. The Labute approximate surface area is 75.8 Å². The molecule has 2 atom stereocenters. The largest absolute Gasteiger partial charge is 0.330 e. The van der Waals surface area contributed by atoms with Gasteiger partial charge < -0.3 is 5.73 Å². The fourth-order valence-corrected chi connectivity index (χ4v) is 2.99. The molecule has 0 heterocycles. The predicted molar refractivity (Wildman–Crippen MR) is 54.5 cm³/mol. The third kappa shape index (κ3) is 6.84. The quantitative estimate of drug-likeness (QED) is 0.678. The highest BCUT2D eigenvalue weighted by molar-refractivity contribution is 7.99. The lowest BCUT2D eigenvalue weighted by molar-refractivity contribution is 0.641. The van der Waals surface area contributed by atoms with Crippen LogP contribution in [0, 0.1) is 5.92 Å². The average molecular weight is 195 g/mol. The molecule has 0 spiro atoms. The zero-order valence-corrected chi connectivity index (χ0v) is 8.84. The van der Waals surface area contributed by atoms with Crippen molar-refractivity contribution >= 4 is 22.6 Å². The summed E-state index contributed by atoms with van der Waals surface area (Å²) in [6, 6.07) is 0. The van der Waals surface area contributed by atoms with Crippen LogP contribution in [0.2, 0.25) is 0 Å². The van der Waals surface area contributed by atoms with Gasteiger partial charge in [0.15, 0.2) is 0 Å². The predicted octanol–water partition coefficient (Wildman–Crippen LogP) is 0.693. The van der Waals surface area contributed by atoms with E-state index >= 15 is 0 Å². The minimum atomic E-state index is -0.651. The molecule has 0 radical (unpaired) electrons. The maximum absolute atomic E-state index is 11.2. The second-order valence-electron chi connectivity index (χ2n) is 2.64. The third-order valence-electron chi connectivity index (χ3n) is 1.39. The van der Waals surface area contributed by atoms with Crippen molar-refractivity contribution in [1.29, 1.82) is 0 Å². The van der Waals surface area contributed by atoms with Crippen molar-refractivity contribution in [1.82, 2.24) is 0 Å². The van der Waals surface area contributed by atoms with Gasteiger partial charge in [0.25, 0.3) is 0 Å². The van der Waals surface area contributed by atoms with Crippen LogP contribution in [-0.4, -0.2) is 34.3 Å². The summed E-state index contributed by atoms with van der Waals surface area (Å²) in [5, 5.41) is 0. The van der Waals surface area contributed by atoms with Gasteiger partial charge in [-0.15, -0.1) is 0 Å². The van der Waals surface area contributed by atoms with Gasteiger partial charge in [-0.3, -0.25) is 4.21 Å². The van der Waals surface area contributed by atoms with E-state index in [1.54, 1.807) is 11.8 Å². The molecule has 0 amide bonds. The molecule has 0 fully saturated rings. The smallest absolute Gasteiger partial charge is 0.0325 e. The Morgan fingerprint density at radius 3 is 2.73 bits per heavy atom. The van der Waals surface area contributed by atoms with Gasteiger partial charge >= 0.3 is 0 Å². The molecule has 0 saturated carbocycles. The van der Waals surface area contributed by atoms with Gasteiger partial charge in [0.05, 0.1) is 0 Å². The standard InChI is InChI=1S/C7H17NOS2/c1-7(5-8)6-11(9)4-3-10-2/h7H,3-6,8H2,1-2H3. The monoisotopic (exact) mass is 195 g/mol. The second-order valence-corrected chi connectivity index (χ2v) is 5.25. The highest BCUT2D eigenvalue weighted by atomic mass is 32.2. The van der Waals surface area contributed by atoms with Crippen molar-refractivity contribution < 1.29 is 4.21 Å². The van der Waals surface area contributed by atoms with Gasteiger partial charge in [-0.2, -0.15) is 11.8 Å². The van der Waals surface area contributed by atoms with Crippen molar-refractivity contribution in [3.8, 4) is 0 Å². The number of hydrogen-bond acceptors (Lipinski definition) is 3. The first-order chi connectivity index (χ1) is 5.20. The van der Waals surface area contributed by atoms with E-state index in [-0.39, 0.29) is 0 Å². The Morgan fingerprint density at radius 2 is 2.27 bits per heavy atom. The van der Waals surface area contributed by atoms with Gasteiger partial charge in [0.1, 0.15) is 0 Å². The molecule has 0 aliphatic carbocycles. The van der Waals surface area contributed by atoms with E-state index in [1.165, 1.54) is 0 Å². The van der Waals surface area contributed by atoms with E-state index in [1.807, 2.05) is 13.2 Å². The van der Waals surface area contributed by atoms with Crippen molar-refractivity contribution in [2.75, 3.05) is 30.1 Å². The normalized spacial score (nSPS) is 16.3. The Bertz CT molecular complexity index is 119. The van der Waals surface area contributed by atoms with Crippen LogP contribution < -0.4 is 5.73 Å². The lowest BCUT2D eigenvalue weighted by Crippen LogP contribution is -2.19. The summed E-state index contributed by atoms with van der Waals surface area (Å²) in [5.41, 5.74) is 5.41.